The number of methoxy groups -OCH3 is 1. The SMILES string of the molecule is COc1cc(-c2c(C#N)c(N)nc(SCCCCS(N)(=O)=O)c2C#N)cc(O)c1O. The van der Waals surface area contributed by atoms with Crippen LogP contribution in [0.2, 0.25) is 0 Å². The molecule has 12 heteroatoms. The van der Waals surface area contributed by atoms with Gasteiger partial charge in [-0.05, 0) is 36.3 Å². The van der Waals surface area contributed by atoms with Crippen LogP contribution in [0, 0.1) is 22.7 Å². The van der Waals surface area contributed by atoms with Gasteiger partial charge in [-0.2, -0.15) is 10.5 Å². The second-order valence-electron chi connectivity index (χ2n) is 6.12. The third-order valence-electron chi connectivity index (χ3n) is 4.04. The van der Waals surface area contributed by atoms with Crippen LogP contribution >= 0.6 is 11.8 Å². The van der Waals surface area contributed by atoms with Gasteiger partial charge in [0.1, 0.15) is 28.5 Å². The minimum absolute atomic E-state index is 0.0506. The van der Waals surface area contributed by atoms with Crippen LogP contribution in [0.3, 0.4) is 0 Å². The number of nitrogens with two attached hydrogens (primary N) is 2. The van der Waals surface area contributed by atoms with Gasteiger partial charge in [0, 0.05) is 5.56 Å². The second-order valence-corrected chi connectivity index (χ2v) is 8.94. The fourth-order valence-electron chi connectivity index (χ4n) is 2.66. The van der Waals surface area contributed by atoms with E-state index in [1.165, 1.54) is 31.0 Å². The standard InChI is InChI=1S/C18H19N5O5S2/c1-28-14-7-10(6-13(24)16(14)25)15-11(8-19)17(21)23-18(12(15)9-20)29-4-2-3-5-30(22,26)27/h6-7,24-25H,2-5H2,1H3,(H2,21,23)(H2,22,26,27). The number of unbranched alkanes of at least 4 members (excludes halogenated alkanes) is 1. The molecule has 30 heavy (non-hydrogen) atoms. The number of nitriles is 2. The Kier molecular flexibility index (Phi) is 7.34. The molecule has 0 bridgehead atoms. The molecule has 1 aromatic heterocycles. The summed E-state index contributed by atoms with van der Waals surface area (Å²) in [6.45, 7) is 0. The minimum atomic E-state index is -3.54. The number of nitrogens with zero attached hydrogens (tertiary/aromatic N) is 3. The van der Waals surface area contributed by atoms with Crippen molar-refractivity contribution in [3.8, 4) is 40.5 Å². The van der Waals surface area contributed by atoms with Crippen molar-refractivity contribution in [2.75, 3.05) is 24.3 Å². The van der Waals surface area contributed by atoms with Crippen LogP contribution in [0.1, 0.15) is 24.0 Å². The molecule has 0 spiro atoms. The van der Waals surface area contributed by atoms with Crippen LogP contribution in [0.25, 0.3) is 11.1 Å². The fraction of sp³-hybridized carbons (Fsp3) is 0.278. The van der Waals surface area contributed by atoms with E-state index in [0.29, 0.717) is 18.6 Å². The lowest BCUT2D eigenvalue weighted by molar-refractivity contribution is 0.351. The number of benzene rings is 1. The highest BCUT2D eigenvalue weighted by Gasteiger charge is 2.22. The Balaban J connectivity index is 2.50. The number of thioether (sulfide) groups is 1. The van der Waals surface area contributed by atoms with Gasteiger partial charge in [-0.25, -0.2) is 18.5 Å². The van der Waals surface area contributed by atoms with Gasteiger partial charge in [-0.3, -0.25) is 0 Å². The summed E-state index contributed by atoms with van der Waals surface area (Å²) in [5.41, 5.74) is 6.31. The van der Waals surface area contributed by atoms with Gasteiger partial charge in [0.2, 0.25) is 15.8 Å². The Hall–Kier alpha value is -3.19. The van der Waals surface area contributed by atoms with Crippen molar-refractivity contribution in [1.29, 1.82) is 10.5 Å². The smallest absolute Gasteiger partial charge is 0.209 e. The van der Waals surface area contributed by atoms with E-state index >= 15 is 0 Å². The van der Waals surface area contributed by atoms with Crippen LogP contribution in [0.4, 0.5) is 5.82 Å². The van der Waals surface area contributed by atoms with Crippen LogP contribution in [-0.2, 0) is 10.0 Å². The van der Waals surface area contributed by atoms with E-state index in [1.54, 1.807) is 0 Å². The number of hydrogen-bond donors (Lipinski definition) is 4. The van der Waals surface area contributed by atoms with Crippen molar-refractivity contribution in [1.82, 2.24) is 4.98 Å². The maximum absolute atomic E-state index is 11.0. The molecule has 0 atom stereocenters. The van der Waals surface area contributed by atoms with Crippen LogP contribution in [-0.4, -0.2) is 42.2 Å². The molecule has 0 saturated heterocycles. The molecule has 0 aliphatic carbocycles. The average Bonchev–Trinajstić information content (AvgIpc) is 2.68. The molecule has 6 N–H and O–H groups in total. The van der Waals surface area contributed by atoms with E-state index < -0.39 is 21.5 Å². The predicted molar refractivity (Wildman–Crippen MR) is 111 cm³/mol. The van der Waals surface area contributed by atoms with Gasteiger partial charge >= 0.3 is 0 Å². The van der Waals surface area contributed by atoms with E-state index in [2.05, 4.69) is 4.98 Å². The summed E-state index contributed by atoms with van der Waals surface area (Å²) in [6, 6.07) is 6.48. The number of pyridine rings is 1. The minimum Gasteiger partial charge on any atom is -0.504 e. The number of nitrogen functional groups attached to an aromatic ring is 1. The molecule has 0 saturated carbocycles. The molecule has 158 valence electrons. The van der Waals surface area contributed by atoms with E-state index in [4.69, 9.17) is 15.6 Å². The zero-order valence-corrected chi connectivity index (χ0v) is 17.5. The monoisotopic (exact) mass is 449 g/mol. The predicted octanol–water partition coefficient (Wildman–Crippen LogP) is 1.65. The van der Waals surface area contributed by atoms with E-state index in [9.17, 15) is 29.2 Å². The molecular weight excluding hydrogens is 430 g/mol. The molecule has 0 fully saturated rings. The number of anilines is 1. The van der Waals surface area contributed by atoms with Gasteiger partial charge < -0.3 is 20.7 Å². The van der Waals surface area contributed by atoms with Crippen LogP contribution in [0.15, 0.2) is 17.2 Å². The first-order valence-electron chi connectivity index (χ1n) is 8.50. The van der Waals surface area contributed by atoms with Crippen molar-refractivity contribution in [2.45, 2.75) is 17.9 Å². The summed E-state index contributed by atoms with van der Waals surface area (Å²) in [5.74, 6) is -0.851. The molecule has 0 unspecified atom stereocenters. The maximum Gasteiger partial charge on any atom is 0.209 e. The summed E-state index contributed by atoms with van der Waals surface area (Å²) in [6.07, 6.45) is 0.839. The summed E-state index contributed by atoms with van der Waals surface area (Å²) < 4.78 is 27.0. The zero-order valence-electron chi connectivity index (χ0n) is 15.9. The van der Waals surface area contributed by atoms with Crippen molar-refractivity contribution in [3.63, 3.8) is 0 Å². The molecule has 0 aliphatic heterocycles. The van der Waals surface area contributed by atoms with E-state index in [0.717, 1.165) is 0 Å². The summed E-state index contributed by atoms with van der Waals surface area (Å²) in [5, 5.41) is 44.4. The number of ether oxygens (including phenoxy) is 1. The van der Waals surface area contributed by atoms with Crippen molar-refractivity contribution in [3.05, 3.63) is 23.3 Å². The van der Waals surface area contributed by atoms with Crippen molar-refractivity contribution >= 4 is 27.6 Å². The first kappa shape index (κ1) is 23.1. The quantitative estimate of drug-likeness (QED) is 0.261. The van der Waals surface area contributed by atoms with E-state index in [1.807, 2.05) is 12.1 Å². The molecule has 0 radical (unpaired) electrons. The fourth-order valence-corrected chi connectivity index (χ4v) is 4.26. The summed E-state index contributed by atoms with van der Waals surface area (Å²) >= 11 is 1.18. The molecule has 0 amide bonds. The first-order valence-corrected chi connectivity index (χ1v) is 11.2. The Labute approximate surface area is 177 Å². The van der Waals surface area contributed by atoms with Crippen molar-refractivity contribution < 1.29 is 23.4 Å². The number of rotatable bonds is 8. The number of phenols is 2. The Morgan fingerprint density at radius 3 is 2.43 bits per heavy atom. The number of phenolic OH excluding ortho intramolecular Hbond substituents is 2. The Bertz CT molecular complexity index is 1150. The van der Waals surface area contributed by atoms with Gasteiger partial charge in [0.05, 0.1) is 18.4 Å². The molecule has 2 rings (SSSR count). The lowest BCUT2D eigenvalue weighted by Crippen LogP contribution is -2.16. The maximum atomic E-state index is 11.0. The number of aromatic hydroxyl groups is 2. The number of aromatic nitrogens is 1. The topological polar surface area (TPSA) is 196 Å². The molecule has 10 nitrogen and oxygen atoms in total. The molecule has 0 aliphatic rings. The molecule has 1 heterocycles. The highest BCUT2D eigenvalue weighted by Crippen LogP contribution is 2.43. The lowest BCUT2D eigenvalue weighted by atomic mass is 9.96. The third kappa shape index (κ3) is 5.24. The second kappa shape index (κ2) is 9.54. The largest absolute Gasteiger partial charge is 0.504 e. The zero-order chi connectivity index (χ0) is 22.5. The summed E-state index contributed by atoms with van der Waals surface area (Å²) in [4.78, 5) is 4.14. The highest BCUT2D eigenvalue weighted by atomic mass is 32.2. The van der Waals surface area contributed by atoms with Gasteiger partial charge in [-0.1, -0.05) is 0 Å². The molecule has 2 aromatic rings. The normalized spacial score (nSPS) is 10.9. The summed E-state index contributed by atoms with van der Waals surface area (Å²) in [7, 11) is -2.25. The molecular formula is C18H19N5O5S2. The highest BCUT2D eigenvalue weighted by molar-refractivity contribution is 7.99. The lowest BCUT2D eigenvalue weighted by Gasteiger charge is -2.15. The Morgan fingerprint density at radius 1 is 1.20 bits per heavy atom. The number of primary sulfonamides is 1. The van der Waals surface area contributed by atoms with Gasteiger partial charge in [0.25, 0.3) is 0 Å². The number of sulfonamides is 1. The van der Waals surface area contributed by atoms with Gasteiger partial charge in [0.15, 0.2) is 11.5 Å². The van der Waals surface area contributed by atoms with E-state index in [-0.39, 0.29) is 44.6 Å². The number of hydrogen-bond acceptors (Lipinski definition) is 10. The first-order chi connectivity index (χ1) is 14.1. The van der Waals surface area contributed by atoms with Gasteiger partial charge in [-0.15, -0.1) is 11.8 Å². The average molecular weight is 450 g/mol. The Morgan fingerprint density at radius 2 is 1.87 bits per heavy atom. The molecule has 1 aromatic carbocycles. The van der Waals surface area contributed by atoms with Crippen molar-refractivity contribution in [2.24, 2.45) is 5.14 Å². The van der Waals surface area contributed by atoms with Crippen LogP contribution in [0.5, 0.6) is 17.2 Å². The van der Waals surface area contributed by atoms with Crippen LogP contribution < -0.4 is 15.6 Å². The third-order valence-corrected chi connectivity index (χ3v) is 5.96.